The van der Waals surface area contributed by atoms with Crippen molar-refractivity contribution in [3.05, 3.63) is 77.2 Å². The number of hydrogen-bond donors (Lipinski definition) is 2. The van der Waals surface area contributed by atoms with Crippen molar-refractivity contribution in [3.8, 4) is 0 Å². The molecular formula is C19H18N2O4S2. The third kappa shape index (κ3) is 4.73. The smallest absolute Gasteiger partial charge is 0.255 e. The minimum absolute atomic E-state index is 0.0914. The summed E-state index contributed by atoms with van der Waals surface area (Å²) in [6, 6.07) is 17.6. The van der Waals surface area contributed by atoms with Gasteiger partial charge in [-0.2, -0.15) is 0 Å². The first-order valence-electron chi connectivity index (χ1n) is 7.97. The van der Waals surface area contributed by atoms with Gasteiger partial charge in [-0.25, -0.2) is 22.0 Å². The molecule has 8 heteroatoms. The average molecular weight is 402 g/mol. The SMILES string of the molecule is Cc1ccc(NS(=O)(=O)C=Cc2ccc3ccccc3c2)c(S(N)(=O)=O)c1. The van der Waals surface area contributed by atoms with Gasteiger partial charge in [-0.1, -0.05) is 42.5 Å². The van der Waals surface area contributed by atoms with Gasteiger partial charge in [-0.3, -0.25) is 4.72 Å². The first-order valence-corrected chi connectivity index (χ1v) is 11.1. The van der Waals surface area contributed by atoms with E-state index in [4.69, 9.17) is 5.14 Å². The predicted octanol–water partition coefficient (Wildman–Crippen LogP) is 3.21. The fraction of sp³-hybridized carbons (Fsp3) is 0.0526. The van der Waals surface area contributed by atoms with Crippen molar-refractivity contribution in [3.63, 3.8) is 0 Å². The molecule has 0 saturated heterocycles. The lowest BCUT2D eigenvalue weighted by Crippen LogP contribution is -2.17. The molecule has 0 atom stereocenters. The van der Waals surface area contributed by atoms with Crippen molar-refractivity contribution in [2.45, 2.75) is 11.8 Å². The molecular weight excluding hydrogens is 384 g/mol. The molecule has 0 amide bonds. The third-order valence-corrected chi connectivity index (χ3v) is 5.86. The number of primary sulfonamides is 1. The highest BCUT2D eigenvalue weighted by Crippen LogP contribution is 2.23. The number of hydrogen-bond acceptors (Lipinski definition) is 4. The number of anilines is 1. The Morgan fingerprint density at radius 3 is 2.30 bits per heavy atom. The molecule has 0 unspecified atom stereocenters. The molecule has 0 heterocycles. The van der Waals surface area contributed by atoms with E-state index >= 15 is 0 Å². The zero-order chi connectivity index (χ0) is 19.7. The average Bonchev–Trinajstić information content (AvgIpc) is 2.60. The normalized spacial score (nSPS) is 12.5. The second kappa shape index (κ2) is 7.15. The number of sulfonamides is 2. The van der Waals surface area contributed by atoms with Crippen molar-refractivity contribution in [1.29, 1.82) is 0 Å². The molecule has 0 aliphatic carbocycles. The Balaban J connectivity index is 1.90. The summed E-state index contributed by atoms with van der Waals surface area (Å²) in [6.07, 6.45) is 1.44. The van der Waals surface area contributed by atoms with Gasteiger partial charge >= 0.3 is 0 Å². The third-order valence-electron chi connectivity index (χ3n) is 3.91. The van der Waals surface area contributed by atoms with Crippen LogP contribution in [0, 0.1) is 6.92 Å². The molecule has 0 radical (unpaired) electrons. The van der Waals surface area contributed by atoms with Crippen LogP contribution in [0.2, 0.25) is 0 Å². The quantitative estimate of drug-likeness (QED) is 0.683. The van der Waals surface area contributed by atoms with Crippen LogP contribution in [-0.4, -0.2) is 16.8 Å². The van der Waals surface area contributed by atoms with E-state index in [1.807, 2.05) is 36.4 Å². The molecule has 0 aliphatic heterocycles. The van der Waals surface area contributed by atoms with Gasteiger partial charge in [0.25, 0.3) is 10.0 Å². The Kier molecular flexibility index (Phi) is 5.05. The number of nitrogens with two attached hydrogens (primary N) is 1. The summed E-state index contributed by atoms with van der Waals surface area (Å²) in [5, 5.41) is 8.21. The van der Waals surface area contributed by atoms with Gasteiger partial charge in [0.05, 0.1) is 11.1 Å². The van der Waals surface area contributed by atoms with Gasteiger partial charge in [-0.05, 0) is 53.1 Å². The van der Waals surface area contributed by atoms with E-state index in [0.29, 0.717) is 11.1 Å². The van der Waals surface area contributed by atoms with Gasteiger partial charge in [0.2, 0.25) is 10.0 Å². The lowest BCUT2D eigenvalue weighted by Gasteiger charge is -2.10. The Labute approximate surface area is 158 Å². The van der Waals surface area contributed by atoms with E-state index in [1.54, 1.807) is 19.1 Å². The second-order valence-electron chi connectivity index (χ2n) is 6.10. The maximum absolute atomic E-state index is 12.4. The summed E-state index contributed by atoms with van der Waals surface area (Å²) >= 11 is 0. The monoisotopic (exact) mass is 402 g/mol. The van der Waals surface area contributed by atoms with E-state index in [0.717, 1.165) is 16.2 Å². The fourth-order valence-electron chi connectivity index (χ4n) is 2.62. The first-order chi connectivity index (χ1) is 12.6. The summed E-state index contributed by atoms with van der Waals surface area (Å²) in [7, 11) is -8.00. The van der Waals surface area contributed by atoms with Crippen LogP contribution in [-0.2, 0) is 20.0 Å². The van der Waals surface area contributed by atoms with Crippen LogP contribution in [0.5, 0.6) is 0 Å². The highest BCUT2D eigenvalue weighted by Gasteiger charge is 2.17. The van der Waals surface area contributed by atoms with E-state index < -0.39 is 20.0 Å². The molecule has 0 aliphatic rings. The Hall–Kier alpha value is -2.68. The zero-order valence-electron chi connectivity index (χ0n) is 14.5. The summed E-state index contributed by atoms with van der Waals surface area (Å²) in [4.78, 5) is -0.273. The molecule has 140 valence electrons. The molecule has 0 bridgehead atoms. The van der Waals surface area contributed by atoms with Crippen molar-refractivity contribution >= 4 is 42.6 Å². The molecule has 3 N–H and O–H groups in total. The number of aryl methyl sites for hydroxylation is 1. The minimum atomic E-state index is -4.07. The predicted molar refractivity (Wildman–Crippen MR) is 108 cm³/mol. The van der Waals surface area contributed by atoms with Gasteiger partial charge < -0.3 is 0 Å². The Morgan fingerprint density at radius 1 is 0.889 bits per heavy atom. The lowest BCUT2D eigenvalue weighted by molar-refractivity contribution is 0.598. The Morgan fingerprint density at radius 2 is 1.59 bits per heavy atom. The van der Waals surface area contributed by atoms with E-state index in [-0.39, 0.29) is 10.6 Å². The van der Waals surface area contributed by atoms with Crippen LogP contribution in [0.25, 0.3) is 16.8 Å². The standard InChI is InChI=1S/C19H18N2O4S2/c1-14-6-9-18(19(12-14)27(20,24)25)21-26(22,23)11-10-15-7-8-16-4-2-3-5-17(16)13-15/h2-13,21H,1H3,(H2,20,24,25). The van der Waals surface area contributed by atoms with Crippen molar-refractivity contribution in [2.24, 2.45) is 5.14 Å². The summed E-state index contributed by atoms with van der Waals surface area (Å²) in [5.41, 5.74) is 1.26. The van der Waals surface area contributed by atoms with Crippen molar-refractivity contribution in [2.75, 3.05) is 4.72 Å². The summed E-state index contributed by atoms with van der Waals surface area (Å²) in [6.45, 7) is 1.69. The van der Waals surface area contributed by atoms with E-state index in [9.17, 15) is 16.8 Å². The van der Waals surface area contributed by atoms with Crippen LogP contribution >= 0.6 is 0 Å². The number of nitrogens with one attached hydrogen (secondary N) is 1. The Bertz CT molecular complexity index is 1250. The second-order valence-corrected chi connectivity index (χ2v) is 9.20. The molecule has 27 heavy (non-hydrogen) atoms. The van der Waals surface area contributed by atoms with Crippen LogP contribution in [0.15, 0.2) is 71.0 Å². The number of rotatable bonds is 5. The molecule has 0 saturated carbocycles. The van der Waals surface area contributed by atoms with Crippen molar-refractivity contribution in [1.82, 2.24) is 0 Å². The molecule has 0 aromatic heterocycles. The maximum atomic E-state index is 12.4. The van der Waals surface area contributed by atoms with E-state index in [2.05, 4.69) is 4.72 Å². The van der Waals surface area contributed by atoms with Gasteiger partial charge in [0, 0.05) is 0 Å². The van der Waals surface area contributed by atoms with E-state index in [1.165, 1.54) is 18.2 Å². The molecule has 0 fully saturated rings. The van der Waals surface area contributed by atoms with Crippen LogP contribution in [0.1, 0.15) is 11.1 Å². The first kappa shape index (κ1) is 19.1. The highest BCUT2D eigenvalue weighted by molar-refractivity contribution is 7.95. The lowest BCUT2D eigenvalue weighted by atomic mass is 10.1. The topological polar surface area (TPSA) is 106 Å². The number of benzene rings is 3. The van der Waals surface area contributed by atoms with Gasteiger partial charge in [0.15, 0.2) is 0 Å². The zero-order valence-corrected chi connectivity index (χ0v) is 16.1. The fourth-order valence-corrected chi connectivity index (χ4v) is 4.35. The molecule has 6 nitrogen and oxygen atoms in total. The van der Waals surface area contributed by atoms with Crippen molar-refractivity contribution < 1.29 is 16.8 Å². The minimum Gasteiger partial charge on any atom is -0.279 e. The van der Waals surface area contributed by atoms with Crippen LogP contribution in [0.3, 0.4) is 0 Å². The highest BCUT2D eigenvalue weighted by atomic mass is 32.2. The maximum Gasteiger partial charge on any atom is 0.255 e. The van der Waals surface area contributed by atoms with Gasteiger partial charge in [0.1, 0.15) is 4.90 Å². The molecule has 3 aromatic rings. The van der Waals surface area contributed by atoms with Gasteiger partial charge in [-0.15, -0.1) is 0 Å². The molecule has 3 aromatic carbocycles. The molecule has 3 rings (SSSR count). The largest absolute Gasteiger partial charge is 0.279 e. The molecule has 0 spiro atoms. The summed E-state index contributed by atoms with van der Waals surface area (Å²) in [5.74, 6) is 0. The number of fused-ring (bicyclic) bond motifs is 1. The summed E-state index contributed by atoms with van der Waals surface area (Å²) < 4.78 is 50.4. The van der Waals surface area contributed by atoms with Crippen LogP contribution in [0.4, 0.5) is 5.69 Å². The van der Waals surface area contributed by atoms with Crippen LogP contribution < -0.4 is 9.86 Å².